The fraction of sp³-hybridized carbons (Fsp3) is 0.280. The summed E-state index contributed by atoms with van der Waals surface area (Å²) in [5.41, 5.74) is 3.92. The predicted octanol–water partition coefficient (Wildman–Crippen LogP) is 5.66. The van der Waals surface area contributed by atoms with E-state index in [4.69, 9.17) is 9.72 Å². The average molecular weight is 466 g/mol. The number of para-hydroxylation sites is 1. The molecule has 3 N–H and O–H groups in total. The standard InChI is InChI=1S/C25H27N3O4S/c1-16-14-18(15-28(2)25(16)29)20-8-9-21-22(23(20)32-19-6-4-3-5-7-19)27-24(26-21)17-10-12-33(30,31)13-11-17/h3-9,14-15,17,30-31H,10-13H2,1-2H3,(H,26,27). The number of ether oxygens (including phenoxy) is 1. The Labute approximate surface area is 193 Å². The molecule has 33 heavy (non-hydrogen) atoms. The third kappa shape index (κ3) is 4.29. The number of rotatable bonds is 4. The van der Waals surface area contributed by atoms with Crippen LogP contribution in [0.4, 0.5) is 0 Å². The van der Waals surface area contributed by atoms with Crippen LogP contribution in [0.3, 0.4) is 0 Å². The van der Waals surface area contributed by atoms with Crippen LogP contribution in [-0.4, -0.2) is 35.1 Å². The first-order chi connectivity index (χ1) is 15.8. The molecule has 1 fully saturated rings. The van der Waals surface area contributed by atoms with Crippen molar-refractivity contribution in [3.05, 3.63) is 76.5 Å². The van der Waals surface area contributed by atoms with Gasteiger partial charge in [-0.3, -0.25) is 13.9 Å². The summed E-state index contributed by atoms with van der Waals surface area (Å²) in [6.45, 7) is 1.81. The van der Waals surface area contributed by atoms with Gasteiger partial charge >= 0.3 is 0 Å². The van der Waals surface area contributed by atoms with Gasteiger partial charge in [0.25, 0.3) is 5.56 Å². The fourth-order valence-electron chi connectivity index (χ4n) is 4.41. The first kappa shape index (κ1) is 21.8. The van der Waals surface area contributed by atoms with Crippen LogP contribution in [0.15, 0.2) is 59.5 Å². The van der Waals surface area contributed by atoms with E-state index < -0.39 is 10.6 Å². The highest BCUT2D eigenvalue weighted by atomic mass is 32.3. The molecule has 7 nitrogen and oxygen atoms in total. The molecule has 1 saturated heterocycles. The minimum Gasteiger partial charge on any atom is -0.454 e. The Kier molecular flexibility index (Phi) is 5.52. The number of benzene rings is 2. The summed E-state index contributed by atoms with van der Waals surface area (Å²) in [4.78, 5) is 20.6. The lowest BCUT2D eigenvalue weighted by molar-refractivity contribution is 0.453. The molecule has 0 radical (unpaired) electrons. The molecule has 2 aromatic heterocycles. The molecule has 0 spiro atoms. The number of pyridine rings is 1. The number of aryl methyl sites for hydroxylation is 2. The highest BCUT2D eigenvalue weighted by Gasteiger charge is 2.28. The molecule has 0 bridgehead atoms. The molecule has 8 heteroatoms. The molecule has 4 aromatic rings. The highest BCUT2D eigenvalue weighted by molar-refractivity contribution is 8.24. The third-order valence-electron chi connectivity index (χ3n) is 6.24. The summed E-state index contributed by atoms with van der Waals surface area (Å²) in [5.74, 6) is 3.12. The molecule has 0 unspecified atom stereocenters. The van der Waals surface area contributed by atoms with E-state index >= 15 is 0 Å². The molecule has 1 aliphatic rings. The molecule has 0 atom stereocenters. The topological polar surface area (TPSA) is 100 Å². The number of aromatic amines is 1. The SMILES string of the molecule is Cc1cc(-c2ccc3[nH]c(C4CCS(O)(O)CC4)nc3c2Oc2ccccc2)cn(C)c1=O. The lowest BCUT2D eigenvalue weighted by atomic mass is 10.0. The van der Waals surface area contributed by atoms with E-state index in [1.54, 1.807) is 11.6 Å². The Morgan fingerprint density at radius 1 is 1.12 bits per heavy atom. The first-order valence-corrected chi connectivity index (χ1v) is 12.9. The van der Waals surface area contributed by atoms with Crippen molar-refractivity contribution in [3.8, 4) is 22.6 Å². The maximum Gasteiger partial charge on any atom is 0.253 e. The van der Waals surface area contributed by atoms with Crippen LogP contribution < -0.4 is 10.3 Å². The van der Waals surface area contributed by atoms with Crippen molar-refractivity contribution in [1.29, 1.82) is 0 Å². The van der Waals surface area contributed by atoms with Gasteiger partial charge in [-0.05, 0) is 50.1 Å². The molecular weight excluding hydrogens is 438 g/mol. The fourth-order valence-corrected chi connectivity index (χ4v) is 5.93. The van der Waals surface area contributed by atoms with Gasteiger partial charge in [-0.2, -0.15) is 10.6 Å². The molecule has 0 amide bonds. The Balaban J connectivity index is 1.64. The van der Waals surface area contributed by atoms with Crippen molar-refractivity contribution in [2.75, 3.05) is 11.5 Å². The van der Waals surface area contributed by atoms with Crippen LogP contribution in [0.5, 0.6) is 11.5 Å². The summed E-state index contributed by atoms with van der Waals surface area (Å²) < 4.78 is 27.9. The molecular formula is C25H27N3O4S. The highest BCUT2D eigenvalue weighted by Crippen LogP contribution is 2.48. The molecule has 5 rings (SSSR count). The van der Waals surface area contributed by atoms with Crippen LogP contribution >= 0.6 is 10.6 Å². The maximum atomic E-state index is 12.2. The summed E-state index contributed by atoms with van der Waals surface area (Å²) >= 11 is 0. The predicted molar refractivity (Wildman–Crippen MR) is 133 cm³/mol. The van der Waals surface area contributed by atoms with E-state index in [0.29, 0.717) is 41.4 Å². The Bertz CT molecular complexity index is 1340. The van der Waals surface area contributed by atoms with Crippen molar-refractivity contribution in [3.63, 3.8) is 0 Å². The van der Waals surface area contributed by atoms with Gasteiger partial charge in [0.15, 0.2) is 5.75 Å². The number of imidazole rings is 1. The van der Waals surface area contributed by atoms with Gasteiger partial charge in [-0.25, -0.2) is 4.98 Å². The number of H-pyrrole nitrogens is 1. The number of hydrogen-bond donors (Lipinski definition) is 3. The quantitative estimate of drug-likeness (QED) is 0.361. The Morgan fingerprint density at radius 2 is 1.85 bits per heavy atom. The zero-order chi connectivity index (χ0) is 23.2. The van der Waals surface area contributed by atoms with Crippen molar-refractivity contribution in [2.45, 2.75) is 25.7 Å². The number of hydrogen-bond acceptors (Lipinski definition) is 5. The summed E-state index contributed by atoms with van der Waals surface area (Å²) in [7, 11) is -0.706. The second-order valence-corrected chi connectivity index (χ2v) is 11.1. The third-order valence-corrected chi connectivity index (χ3v) is 8.02. The van der Waals surface area contributed by atoms with E-state index in [2.05, 4.69) is 4.98 Å². The molecule has 1 aliphatic heterocycles. The van der Waals surface area contributed by atoms with E-state index in [-0.39, 0.29) is 11.5 Å². The second kappa shape index (κ2) is 8.37. The van der Waals surface area contributed by atoms with Crippen molar-refractivity contribution < 1.29 is 13.8 Å². The van der Waals surface area contributed by atoms with Gasteiger partial charge < -0.3 is 14.3 Å². The van der Waals surface area contributed by atoms with Crippen LogP contribution in [0.25, 0.3) is 22.2 Å². The van der Waals surface area contributed by atoms with Gasteiger partial charge in [-0.15, -0.1) is 0 Å². The zero-order valence-corrected chi connectivity index (χ0v) is 19.4. The largest absolute Gasteiger partial charge is 0.454 e. The van der Waals surface area contributed by atoms with Crippen LogP contribution in [0.1, 0.15) is 30.1 Å². The summed E-state index contributed by atoms with van der Waals surface area (Å²) in [6, 6.07) is 15.4. The van der Waals surface area contributed by atoms with Gasteiger partial charge in [0, 0.05) is 47.4 Å². The average Bonchev–Trinajstić information content (AvgIpc) is 3.23. The van der Waals surface area contributed by atoms with Gasteiger partial charge in [0.1, 0.15) is 17.1 Å². The molecule has 3 heterocycles. The number of aromatic nitrogens is 3. The minimum absolute atomic E-state index is 0.0318. The van der Waals surface area contributed by atoms with Crippen molar-refractivity contribution in [2.24, 2.45) is 7.05 Å². The summed E-state index contributed by atoms with van der Waals surface area (Å²) in [6.07, 6.45) is 3.18. The Morgan fingerprint density at radius 3 is 2.55 bits per heavy atom. The zero-order valence-electron chi connectivity index (χ0n) is 18.6. The van der Waals surface area contributed by atoms with E-state index in [1.165, 1.54) is 0 Å². The maximum absolute atomic E-state index is 12.2. The lowest BCUT2D eigenvalue weighted by Gasteiger charge is -2.38. The van der Waals surface area contributed by atoms with Crippen molar-refractivity contribution in [1.82, 2.24) is 14.5 Å². The van der Waals surface area contributed by atoms with Crippen LogP contribution in [-0.2, 0) is 7.05 Å². The molecule has 0 aliphatic carbocycles. The van der Waals surface area contributed by atoms with E-state index in [0.717, 1.165) is 28.0 Å². The second-order valence-electron chi connectivity index (χ2n) is 8.69. The number of nitrogens with zero attached hydrogens (tertiary/aromatic N) is 2. The number of fused-ring (bicyclic) bond motifs is 1. The van der Waals surface area contributed by atoms with Gasteiger partial charge in [-0.1, -0.05) is 18.2 Å². The normalized spacial score (nSPS) is 17.2. The summed E-state index contributed by atoms with van der Waals surface area (Å²) in [5, 5.41) is 0. The molecule has 2 aromatic carbocycles. The van der Waals surface area contributed by atoms with Gasteiger partial charge in [0.05, 0.1) is 5.52 Å². The number of nitrogens with one attached hydrogen (secondary N) is 1. The van der Waals surface area contributed by atoms with Crippen LogP contribution in [0, 0.1) is 6.92 Å². The van der Waals surface area contributed by atoms with Crippen LogP contribution in [0.2, 0.25) is 0 Å². The lowest BCUT2D eigenvalue weighted by Crippen LogP contribution is -2.20. The van der Waals surface area contributed by atoms with E-state index in [1.807, 2.05) is 61.7 Å². The smallest absolute Gasteiger partial charge is 0.253 e. The molecule has 172 valence electrons. The Hall–Kier alpha value is -3.07. The van der Waals surface area contributed by atoms with Crippen molar-refractivity contribution >= 4 is 21.6 Å². The van der Waals surface area contributed by atoms with Gasteiger partial charge in [0.2, 0.25) is 0 Å². The monoisotopic (exact) mass is 465 g/mol. The minimum atomic E-state index is -2.45. The first-order valence-electron chi connectivity index (χ1n) is 11.0. The molecule has 0 saturated carbocycles. The van der Waals surface area contributed by atoms with E-state index in [9.17, 15) is 13.9 Å².